The fourth-order valence-electron chi connectivity index (χ4n) is 3.88. The molecule has 1 atom stereocenters. The van der Waals surface area contributed by atoms with Gasteiger partial charge in [0.2, 0.25) is 0 Å². The Labute approximate surface area is 241 Å². The predicted molar refractivity (Wildman–Crippen MR) is 157 cm³/mol. The van der Waals surface area contributed by atoms with Crippen LogP contribution in [0.3, 0.4) is 0 Å². The third-order valence-electron chi connectivity index (χ3n) is 6.04. The van der Waals surface area contributed by atoms with Crippen LogP contribution in [0.15, 0.2) is 72.0 Å². The van der Waals surface area contributed by atoms with Crippen molar-refractivity contribution in [2.45, 2.75) is 32.9 Å². The van der Waals surface area contributed by atoms with Gasteiger partial charge < -0.3 is 31.3 Å². The number of imidazole rings is 1. The molecule has 0 saturated carbocycles. The van der Waals surface area contributed by atoms with Crippen LogP contribution in [-0.4, -0.2) is 57.8 Å². The van der Waals surface area contributed by atoms with Crippen molar-refractivity contribution < 1.29 is 24.0 Å². The zero-order valence-corrected chi connectivity index (χ0v) is 23.2. The number of amides is 1. The fourth-order valence-corrected chi connectivity index (χ4v) is 3.88. The number of nitrogens with zero attached hydrogens (tertiary/aromatic N) is 4. The first-order chi connectivity index (χ1) is 20.2. The van der Waals surface area contributed by atoms with Gasteiger partial charge in [-0.25, -0.2) is 14.8 Å². The maximum atomic E-state index is 13.5. The summed E-state index contributed by atoms with van der Waals surface area (Å²) in [4.78, 5) is 55.2. The van der Waals surface area contributed by atoms with Crippen molar-refractivity contribution in [3.05, 3.63) is 83.8 Å². The molecule has 6 N–H and O–H groups in total. The molecule has 0 bridgehead atoms. The number of nitrogens with two attached hydrogens (primary N) is 2. The summed E-state index contributed by atoms with van der Waals surface area (Å²) < 4.78 is 5.02. The van der Waals surface area contributed by atoms with Crippen LogP contribution in [0.1, 0.15) is 42.0 Å². The Bertz CT molecular complexity index is 1570. The number of ether oxygens (including phenoxy) is 1. The minimum Gasteiger partial charge on any atom is -0.466 e. The van der Waals surface area contributed by atoms with E-state index < -0.39 is 12.0 Å². The van der Waals surface area contributed by atoms with Crippen molar-refractivity contribution >= 4 is 46.2 Å². The summed E-state index contributed by atoms with van der Waals surface area (Å²) in [5.74, 6) is -0.234. The lowest BCUT2D eigenvalue weighted by molar-refractivity contribution is -0.145. The first kappa shape index (κ1) is 29.7. The molecule has 218 valence electrons. The number of carbonyl (C=O) groups is 3. The van der Waals surface area contributed by atoms with Gasteiger partial charge in [-0.05, 0) is 68.4 Å². The first-order valence-corrected chi connectivity index (χ1v) is 13.3. The molecule has 0 fully saturated rings. The van der Waals surface area contributed by atoms with E-state index in [1.807, 2.05) is 0 Å². The van der Waals surface area contributed by atoms with Crippen LogP contribution in [0, 0.1) is 0 Å². The van der Waals surface area contributed by atoms with Crippen LogP contribution in [-0.2, 0) is 25.7 Å². The van der Waals surface area contributed by atoms with Crippen LogP contribution in [0.5, 0.6) is 0 Å². The van der Waals surface area contributed by atoms with Gasteiger partial charge in [-0.2, -0.15) is 0 Å². The average molecular weight is 573 g/mol. The molecule has 4 aromatic rings. The highest BCUT2D eigenvalue weighted by Crippen LogP contribution is 2.20. The molecule has 0 aliphatic heterocycles. The van der Waals surface area contributed by atoms with E-state index in [1.165, 1.54) is 11.8 Å². The molecule has 0 radical (unpaired) electrons. The molecule has 1 amide bonds. The van der Waals surface area contributed by atoms with E-state index in [0.717, 1.165) is 5.69 Å². The quantitative estimate of drug-likeness (QED) is 0.0645. The van der Waals surface area contributed by atoms with Crippen LogP contribution in [0.2, 0.25) is 0 Å². The Morgan fingerprint density at radius 3 is 2.55 bits per heavy atom. The van der Waals surface area contributed by atoms with E-state index in [0.29, 0.717) is 40.3 Å². The van der Waals surface area contributed by atoms with Crippen molar-refractivity contribution in [2.24, 2.45) is 16.6 Å². The summed E-state index contributed by atoms with van der Waals surface area (Å²) in [7, 11) is 0. The number of hydrogen-bond donors (Lipinski definition) is 4. The molecular formula is C29H32N8O5. The predicted octanol–water partition coefficient (Wildman–Crippen LogP) is 2.68. The van der Waals surface area contributed by atoms with E-state index in [4.69, 9.17) is 21.0 Å². The summed E-state index contributed by atoms with van der Waals surface area (Å²) in [6.45, 7) is 4.00. The van der Waals surface area contributed by atoms with E-state index in [1.54, 1.807) is 73.8 Å². The second-order valence-electron chi connectivity index (χ2n) is 9.22. The number of nitrogens with one attached hydrogen (secondary N) is 2. The lowest BCUT2D eigenvalue weighted by Crippen LogP contribution is -2.34. The lowest BCUT2D eigenvalue weighted by Gasteiger charge is -2.21. The molecule has 1 unspecified atom stereocenters. The Hall–Kier alpha value is -5.30. The number of amidine groups is 1. The van der Waals surface area contributed by atoms with Crippen LogP contribution >= 0.6 is 0 Å². The highest BCUT2D eigenvalue weighted by Gasteiger charge is 2.21. The normalized spacial score (nSPS) is 12.0. The number of aromatic nitrogens is 3. The molecule has 0 aliphatic carbocycles. The SMILES string of the molecule is CCOC(=O)CCN(C(=O)c1ccc2nc(CNc3ccc(/C(N)=N/OC(=O)C(C)N)cc3)[nH]c2c1)c1ccccn1. The maximum Gasteiger partial charge on any atom is 0.351 e. The minimum atomic E-state index is -0.803. The summed E-state index contributed by atoms with van der Waals surface area (Å²) >= 11 is 0. The number of benzene rings is 2. The van der Waals surface area contributed by atoms with Crippen LogP contribution < -0.4 is 21.7 Å². The van der Waals surface area contributed by atoms with Crippen molar-refractivity contribution in [3.8, 4) is 0 Å². The van der Waals surface area contributed by atoms with Gasteiger partial charge in [0.1, 0.15) is 17.7 Å². The minimum absolute atomic E-state index is 0.0413. The number of rotatable bonds is 12. The van der Waals surface area contributed by atoms with E-state index in [-0.39, 0.29) is 37.3 Å². The topological polar surface area (TPSA) is 191 Å². The van der Waals surface area contributed by atoms with Gasteiger partial charge in [0.05, 0.1) is 30.6 Å². The van der Waals surface area contributed by atoms with Crippen LogP contribution in [0.25, 0.3) is 11.0 Å². The zero-order chi connectivity index (χ0) is 30.1. The first-order valence-electron chi connectivity index (χ1n) is 13.3. The number of hydrogen-bond acceptors (Lipinski definition) is 10. The summed E-state index contributed by atoms with van der Waals surface area (Å²) in [6, 6.07) is 16.7. The van der Waals surface area contributed by atoms with Crippen molar-refractivity contribution in [1.82, 2.24) is 15.0 Å². The third-order valence-corrected chi connectivity index (χ3v) is 6.04. The van der Waals surface area contributed by atoms with Crippen molar-refractivity contribution in [1.29, 1.82) is 0 Å². The number of oxime groups is 1. The number of esters is 1. The van der Waals surface area contributed by atoms with E-state index >= 15 is 0 Å². The van der Waals surface area contributed by atoms with Gasteiger partial charge in [0.15, 0.2) is 5.84 Å². The smallest absolute Gasteiger partial charge is 0.351 e. The summed E-state index contributed by atoms with van der Waals surface area (Å²) in [6.07, 6.45) is 1.63. The average Bonchev–Trinajstić information content (AvgIpc) is 3.42. The molecule has 13 nitrogen and oxygen atoms in total. The number of pyridine rings is 1. The second-order valence-corrected chi connectivity index (χ2v) is 9.22. The maximum absolute atomic E-state index is 13.5. The Morgan fingerprint density at radius 2 is 1.86 bits per heavy atom. The standard InChI is InChI=1S/C29H32N8O5/c1-3-41-26(38)13-15-37(25-6-4-5-14-32-25)28(39)20-9-12-22-23(16-20)35-24(34-22)17-33-21-10-7-19(8-11-21)27(31)36-42-29(40)18(2)30/h4-12,14,16,18,33H,3,13,15,17,30H2,1-2H3,(H2,31,36)(H,34,35). The highest BCUT2D eigenvalue weighted by atomic mass is 16.7. The number of fused-ring (bicyclic) bond motifs is 1. The van der Waals surface area contributed by atoms with Gasteiger partial charge in [0, 0.05) is 29.6 Å². The molecule has 0 aliphatic rings. The second kappa shape index (κ2) is 13.9. The monoisotopic (exact) mass is 572 g/mol. The van der Waals surface area contributed by atoms with Gasteiger partial charge >= 0.3 is 11.9 Å². The van der Waals surface area contributed by atoms with Gasteiger partial charge in [-0.3, -0.25) is 14.5 Å². The van der Waals surface area contributed by atoms with Gasteiger partial charge in [0.25, 0.3) is 5.91 Å². The molecular weight excluding hydrogens is 540 g/mol. The third kappa shape index (κ3) is 7.67. The molecule has 42 heavy (non-hydrogen) atoms. The van der Waals surface area contributed by atoms with Crippen molar-refractivity contribution in [3.63, 3.8) is 0 Å². The van der Waals surface area contributed by atoms with Crippen LogP contribution in [0.4, 0.5) is 11.5 Å². The number of carbonyl (C=O) groups excluding carboxylic acids is 3. The molecule has 2 heterocycles. The number of anilines is 2. The largest absolute Gasteiger partial charge is 0.466 e. The fraction of sp³-hybridized carbons (Fsp3) is 0.241. The number of H-pyrrole nitrogens is 1. The van der Waals surface area contributed by atoms with Gasteiger partial charge in [-0.1, -0.05) is 11.2 Å². The molecule has 2 aromatic heterocycles. The van der Waals surface area contributed by atoms with Crippen molar-refractivity contribution in [2.75, 3.05) is 23.4 Å². The Morgan fingerprint density at radius 1 is 1.10 bits per heavy atom. The molecule has 13 heteroatoms. The molecule has 0 saturated heterocycles. The molecule has 4 rings (SSSR count). The Kier molecular flexibility index (Phi) is 9.79. The van der Waals surface area contributed by atoms with E-state index in [2.05, 4.69) is 25.4 Å². The Balaban J connectivity index is 1.43. The molecule has 0 spiro atoms. The van der Waals surface area contributed by atoms with E-state index in [9.17, 15) is 14.4 Å². The number of aromatic amines is 1. The van der Waals surface area contributed by atoms with Gasteiger partial charge in [-0.15, -0.1) is 0 Å². The summed E-state index contributed by atoms with van der Waals surface area (Å²) in [5.41, 5.74) is 14.5. The summed E-state index contributed by atoms with van der Waals surface area (Å²) in [5, 5.41) is 6.88. The lowest BCUT2D eigenvalue weighted by atomic mass is 10.1. The zero-order valence-electron chi connectivity index (χ0n) is 23.2. The molecule has 2 aromatic carbocycles. The highest BCUT2D eigenvalue weighted by molar-refractivity contribution is 6.07.